The third-order valence-corrected chi connectivity index (χ3v) is 35.0. The number of ketones is 6. The minimum absolute atomic E-state index is 0.0664. The largest absolute Gasteiger partial charge is 0.299 e. The van der Waals surface area contributed by atoms with Crippen LogP contribution in [0.5, 0.6) is 0 Å². The molecule has 0 N–H and O–H groups in total. The van der Waals surface area contributed by atoms with Crippen LogP contribution in [0, 0.1) is 225 Å². The molecule has 0 spiro atoms. The van der Waals surface area contributed by atoms with E-state index in [9.17, 15) is 0 Å². The molecule has 448 valence electrons. The van der Waals surface area contributed by atoms with Gasteiger partial charge in [0.05, 0.1) is 0 Å². The molecular weight excluding hydrogens is 1020 g/mol. The summed E-state index contributed by atoms with van der Waals surface area (Å²) in [5.41, 5.74) is 0. The second-order valence-corrected chi connectivity index (χ2v) is 36.3. The highest BCUT2D eigenvalue weighted by atomic mass is 16.2. The number of hydrogen-bond donors (Lipinski definition) is 0. The van der Waals surface area contributed by atoms with Crippen molar-refractivity contribution in [1.29, 1.82) is 0 Å². The molecule has 20 fully saturated rings. The Hall–Kier alpha value is -1.98. The molecular formula is C77H104O6. The first kappa shape index (κ1) is 51.9. The van der Waals surface area contributed by atoms with Crippen molar-refractivity contribution in [1.82, 2.24) is 0 Å². The van der Waals surface area contributed by atoms with Gasteiger partial charge in [-0.3, -0.25) is 28.8 Å². The quantitative estimate of drug-likeness (QED) is 0.259. The molecule has 0 saturated heterocycles. The van der Waals surface area contributed by atoms with Crippen molar-refractivity contribution in [3.63, 3.8) is 0 Å². The van der Waals surface area contributed by atoms with Crippen molar-refractivity contribution in [3.05, 3.63) is 0 Å². The predicted octanol–water partition coefficient (Wildman–Crippen LogP) is 15.0. The van der Waals surface area contributed by atoms with Gasteiger partial charge in [0.25, 0.3) is 0 Å². The van der Waals surface area contributed by atoms with E-state index in [1.165, 1.54) is 122 Å². The van der Waals surface area contributed by atoms with Gasteiger partial charge in [-0.2, -0.15) is 0 Å². The average molecular weight is 1130 g/mol. The fourth-order valence-electron chi connectivity index (χ4n) is 33.2. The zero-order valence-electron chi connectivity index (χ0n) is 50.7. The van der Waals surface area contributed by atoms with E-state index in [0.717, 1.165) is 131 Å². The molecule has 0 aromatic carbocycles. The van der Waals surface area contributed by atoms with Crippen LogP contribution in [0.4, 0.5) is 0 Å². The maximum Gasteiger partial charge on any atom is 0.140 e. The lowest BCUT2D eigenvalue weighted by Crippen LogP contribution is -2.60. The van der Waals surface area contributed by atoms with Gasteiger partial charge in [-0.1, -0.05) is 89.9 Å². The fourth-order valence-corrected chi connectivity index (χ4v) is 33.2. The maximum absolute atomic E-state index is 16.1. The number of rotatable bonds is 1. The smallest absolute Gasteiger partial charge is 0.140 e. The van der Waals surface area contributed by atoms with Crippen molar-refractivity contribution in [2.24, 2.45) is 225 Å². The van der Waals surface area contributed by atoms with E-state index in [0.29, 0.717) is 123 Å². The lowest BCUT2D eigenvalue weighted by Gasteiger charge is -2.61. The SMILES string of the molecule is O=C1C2CC3CCCCC3CC2C2C1C1C3CC4CCCCC4CC3CC1C1C3CC4CCC(C5CCC6C(=O)C7C8C(=O)C9CCCCC9C8C8C9C%10CCCCC%10C(=O)C9C9C(=O)C%10CCCCC%10C9C8C7C6C5)CC4CC3C(=O)C12. The molecule has 0 heterocycles. The van der Waals surface area contributed by atoms with Gasteiger partial charge in [0.15, 0.2) is 0 Å². The summed E-state index contributed by atoms with van der Waals surface area (Å²) in [6, 6.07) is 0. The third kappa shape index (κ3) is 6.83. The van der Waals surface area contributed by atoms with E-state index in [1.807, 2.05) is 0 Å². The van der Waals surface area contributed by atoms with E-state index in [-0.39, 0.29) is 94.7 Å². The van der Waals surface area contributed by atoms with Crippen LogP contribution in [-0.2, 0) is 28.8 Å². The molecule has 38 atom stereocenters. The molecule has 0 radical (unpaired) electrons. The topological polar surface area (TPSA) is 102 Å². The van der Waals surface area contributed by atoms with Crippen LogP contribution in [0.2, 0.25) is 0 Å². The summed E-state index contributed by atoms with van der Waals surface area (Å²) >= 11 is 0. The molecule has 6 heteroatoms. The van der Waals surface area contributed by atoms with E-state index in [2.05, 4.69) is 0 Å². The van der Waals surface area contributed by atoms with Crippen LogP contribution in [0.1, 0.15) is 212 Å². The van der Waals surface area contributed by atoms with Gasteiger partial charge in [0.2, 0.25) is 0 Å². The molecule has 0 aliphatic heterocycles. The van der Waals surface area contributed by atoms with Crippen molar-refractivity contribution < 1.29 is 28.8 Å². The highest BCUT2D eigenvalue weighted by molar-refractivity contribution is 5.98. The van der Waals surface area contributed by atoms with Crippen molar-refractivity contribution in [2.75, 3.05) is 0 Å². The summed E-state index contributed by atoms with van der Waals surface area (Å²) in [5, 5.41) is 0. The molecule has 0 bridgehead atoms. The number of carbonyl (C=O) groups excluding carboxylic acids is 6. The molecule has 20 aliphatic rings. The third-order valence-electron chi connectivity index (χ3n) is 35.0. The first-order valence-corrected chi connectivity index (χ1v) is 37.9. The van der Waals surface area contributed by atoms with Crippen LogP contribution in [0.15, 0.2) is 0 Å². The van der Waals surface area contributed by atoms with E-state index >= 15 is 28.8 Å². The summed E-state index contributed by atoms with van der Waals surface area (Å²) in [7, 11) is 0. The molecule has 6 nitrogen and oxygen atoms in total. The van der Waals surface area contributed by atoms with E-state index < -0.39 is 0 Å². The second kappa shape index (κ2) is 18.8. The van der Waals surface area contributed by atoms with Gasteiger partial charge in [-0.15, -0.1) is 0 Å². The molecule has 83 heavy (non-hydrogen) atoms. The molecule has 0 aromatic rings. The van der Waals surface area contributed by atoms with Gasteiger partial charge < -0.3 is 0 Å². The summed E-state index contributed by atoms with van der Waals surface area (Å²) < 4.78 is 0. The zero-order valence-corrected chi connectivity index (χ0v) is 50.7. The van der Waals surface area contributed by atoms with E-state index in [1.54, 1.807) is 0 Å². The Balaban J connectivity index is 0.619. The molecule has 20 saturated carbocycles. The molecule has 20 rings (SSSR count). The Morgan fingerprint density at radius 2 is 0.470 bits per heavy atom. The van der Waals surface area contributed by atoms with Gasteiger partial charge in [0.1, 0.15) is 34.7 Å². The Bertz CT molecular complexity index is 2750. The van der Waals surface area contributed by atoms with Crippen LogP contribution >= 0.6 is 0 Å². The Morgan fingerprint density at radius 3 is 0.988 bits per heavy atom. The number of hydrogen-bond acceptors (Lipinski definition) is 6. The number of Topliss-reactive ketones (excluding diaryl/α,β-unsaturated/α-hetero) is 6. The fraction of sp³-hybridized carbons (Fsp3) is 0.922. The van der Waals surface area contributed by atoms with Crippen molar-refractivity contribution >= 4 is 34.7 Å². The van der Waals surface area contributed by atoms with Crippen LogP contribution in [0.3, 0.4) is 0 Å². The molecule has 20 aliphatic carbocycles. The monoisotopic (exact) mass is 1120 g/mol. The summed E-state index contributed by atoms with van der Waals surface area (Å²) in [6.45, 7) is 0. The van der Waals surface area contributed by atoms with Crippen molar-refractivity contribution in [2.45, 2.75) is 212 Å². The van der Waals surface area contributed by atoms with Gasteiger partial charge >= 0.3 is 0 Å². The Kier molecular flexibility index (Phi) is 11.7. The highest BCUT2D eigenvalue weighted by Gasteiger charge is 2.78. The maximum atomic E-state index is 16.1. The first-order valence-electron chi connectivity index (χ1n) is 37.9. The zero-order chi connectivity index (χ0) is 54.7. The molecule has 0 aromatic heterocycles. The van der Waals surface area contributed by atoms with E-state index in [4.69, 9.17) is 0 Å². The van der Waals surface area contributed by atoms with Crippen LogP contribution < -0.4 is 0 Å². The lowest BCUT2D eigenvalue weighted by atomic mass is 9.42. The Labute approximate surface area is 497 Å². The highest BCUT2D eigenvalue weighted by Crippen LogP contribution is 2.78. The van der Waals surface area contributed by atoms with Crippen LogP contribution in [0.25, 0.3) is 0 Å². The summed E-state index contributed by atoms with van der Waals surface area (Å²) in [4.78, 5) is 93.9. The first-order chi connectivity index (χ1) is 40.7. The summed E-state index contributed by atoms with van der Waals surface area (Å²) in [5.74, 6) is 17.5. The second-order valence-electron chi connectivity index (χ2n) is 36.3. The number of fused-ring (bicyclic) bond motifs is 34. The number of carbonyl (C=O) groups is 6. The average Bonchev–Trinajstić information content (AvgIpc) is 2.58. The van der Waals surface area contributed by atoms with Gasteiger partial charge in [0, 0.05) is 71.0 Å². The minimum atomic E-state index is -0.152. The molecule has 38 unspecified atom stereocenters. The van der Waals surface area contributed by atoms with Crippen molar-refractivity contribution in [3.8, 4) is 0 Å². The van der Waals surface area contributed by atoms with Gasteiger partial charge in [-0.05, 0) is 276 Å². The minimum Gasteiger partial charge on any atom is -0.299 e. The molecule has 0 amide bonds. The standard InChI is InChI=1S/C77H104O6/c78-72-46-18-8-5-15-43(46)59-64-60-44-16-6-9-19-47(44)74(80)70(60)71-62(65(64)61-45-17-7-10-20-48(45)73(79)69(61)68(59)72)51-29-39(23-24-49(51)75(71)81)38-21-22-40-30-52-55(32-41(40)25-38)77(83)67-58(52)56-33-42-26-34-11-1-2-12-35(34)27-50(42)57(56)66-63(67)53-28-36-13-3-4-14-37(36)31-54(53)76(66)82/h34-71H,1-33H2. The summed E-state index contributed by atoms with van der Waals surface area (Å²) in [6.07, 6.45) is 40.8. The lowest BCUT2D eigenvalue weighted by molar-refractivity contribution is -0.167. The predicted molar refractivity (Wildman–Crippen MR) is 315 cm³/mol. The van der Waals surface area contributed by atoms with Crippen LogP contribution in [-0.4, -0.2) is 34.7 Å². The van der Waals surface area contributed by atoms with Gasteiger partial charge in [-0.25, -0.2) is 0 Å². The Morgan fingerprint density at radius 1 is 0.169 bits per heavy atom. The normalized spacial score (nSPS) is 61.7.